The molecule has 3 aromatic rings. The molecule has 0 radical (unpaired) electrons. The van der Waals surface area contributed by atoms with Crippen LogP contribution in [0.15, 0.2) is 64.2 Å². The van der Waals surface area contributed by atoms with E-state index >= 15 is 0 Å². The Kier molecular flexibility index (Phi) is 8.17. The highest BCUT2D eigenvalue weighted by molar-refractivity contribution is 6.30. The summed E-state index contributed by atoms with van der Waals surface area (Å²) in [6, 6.07) is 15.9. The molecule has 0 aliphatic rings. The Morgan fingerprint density at radius 2 is 1.74 bits per heavy atom. The van der Waals surface area contributed by atoms with Crippen LogP contribution in [0.3, 0.4) is 0 Å². The first kappa shape index (κ1) is 25.1. The Balaban J connectivity index is 1.99. The van der Waals surface area contributed by atoms with E-state index in [9.17, 15) is 14.4 Å². The van der Waals surface area contributed by atoms with E-state index in [4.69, 9.17) is 22.1 Å². The van der Waals surface area contributed by atoms with E-state index in [-0.39, 0.29) is 30.5 Å². The van der Waals surface area contributed by atoms with Crippen LogP contribution in [0.2, 0.25) is 5.02 Å². The van der Waals surface area contributed by atoms with Crippen LogP contribution in [0.5, 0.6) is 5.75 Å². The number of H-pyrrole nitrogens is 1. The third-order valence-electron chi connectivity index (χ3n) is 5.34. The van der Waals surface area contributed by atoms with E-state index in [1.165, 1.54) is 9.47 Å². The molecule has 1 heterocycles. The molecule has 1 aromatic heterocycles. The van der Waals surface area contributed by atoms with Crippen LogP contribution in [0, 0.1) is 5.92 Å². The number of rotatable bonds is 9. The third-order valence-corrected chi connectivity index (χ3v) is 5.59. The summed E-state index contributed by atoms with van der Waals surface area (Å²) < 4.78 is 7.05. The lowest BCUT2D eigenvalue weighted by molar-refractivity contribution is -0.124. The van der Waals surface area contributed by atoms with E-state index in [1.807, 2.05) is 44.2 Å². The predicted molar refractivity (Wildman–Crippen MR) is 135 cm³/mol. The second-order valence-corrected chi connectivity index (χ2v) is 8.89. The molecule has 0 spiro atoms. The number of amides is 1. The number of halogens is 1. The molecule has 1 atom stereocenters. The van der Waals surface area contributed by atoms with Gasteiger partial charge in [0.15, 0.2) is 11.8 Å². The molecule has 0 aliphatic carbocycles. The average Bonchev–Trinajstić information content (AvgIpc) is 2.80. The number of nitrogen functional groups attached to an aromatic ring is 1. The second-order valence-electron chi connectivity index (χ2n) is 8.45. The summed E-state index contributed by atoms with van der Waals surface area (Å²) in [6.07, 6.45) is -0.294. The van der Waals surface area contributed by atoms with Crippen LogP contribution in [0.1, 0.15) is 32.8 Å². The topological polar surface area (TPSA) is 110 Å². The SMILES string of the molecule is CC(C)CCN(C(=O)C(C)Oc1ccc(Cl)cc1)c1c(N)n(Cc2ccccc2)c(=O)[nH]c1=O. The Morgan fingerprint density at radius 1 is 1.09 bits per heavy atom. The van der Waals surface area contributed by atoms with Crippen molar-refractivity contribution in [1.29, 1.82) is 0 Å². The normalized spacial score (nSPS) is 11.9. The largest absolute Gasteiger partial charge is 0.481 e. The first-order valence-electron chi connectivity index (χ1n) is 11.1. The van der Waals surface area contributed by atoms with Crippen LogP contribution in [0.25, 0.3) is 0 Å². The smallest absolute Gasteiger partial charge is 0.330 e. The van der Waals surface area contributed by atoms with Gasteiger partial charge in [0.1, 0.15) is 11.6 Å². The van der Waals surface area contributed by atoms with Crippen LogP contribution >= 0.6 is 11.6 Å². The van der Waals surface area contributed by atoms with Gasteiger partial charge in [-0.3, -0.25) is 19.1 Å². The van der Waals surface area contributed by atoms with E-state index in [0.29, 0.717) is 17.2 Å². The number of benzene rings is 2. The molecule has 2 aromatic carbocycles. The highest BCUT2D eigenvalue weighted by Gasteiger charge is 2.29. The minimum atomic E-state index is -0.915. The molecule has 34 heavy (non-hydrogen) atoms. The molecule has 1 amide bonds. The van der Waals surface area contributed by atoms with Crippen molar-refractivity contribution < 1.29 is 9.53 Å². The zero-order chi connectivity index (χ0) is 24.8. The maximum atomic E-state index is 13.5. The number of nitrogens with zero attached hydrogens (tertiary/aromatic N) is 2. The summed E-state index contributed by atoms with van der Waals surface area (Å²) in [7, 11) is 0. The van der Waals surface area contributed by atoms with Crippen LogP contribution in [-0.4, -0.2) is 28.1 Å². The minimum Gasteiger partial charge on any atom is -0.481 e. The number of carbonyl (C=O) groups is 1. The Labute approximate surface area is 202 Å². The molecule has 0 aliphatic heterocycles. The van der Waals surface area contributed by atoms with Crippen molar-refractivity contribution in [2.24, 2.45) is 5.92 Å². The molecule has 0 saturated heterocycles. The number of aromatic nitrogens is 2. The fourth-order valence-corrected chi connectivity index (χ4v) is 3.59. The van der Waals surface area contributed by atoms with Gasteiger partial charge in [-0.05, 0) is 49.1 Å². The lowest BCUT2D eigenvalue weighted by Crippen LogP contribution is -2.46. The molecule has 0 bridgehead atoms. The molecule has 8 nitrogen and oxygen atoms in total. The second kappa shape index (κ2) is 11.1. The molecular weight excluding hydrogens is 456 g/mol. The number of ether oxygens (including phenoxy) is 1. The monoisotopic (exact) mass is 484 g/mol. The Hall–Kier alpha value is -3.52. The number of hydrogen-bond acceptors (Lipinski definition) is 5. The van der Waals surface area contributed by atoms with Gasteiger partial charge in [-0.15, -0.1) is 0 Å². The van der Waals surface area contributed by atoms with Crippen molar-refractivity contribution in [1.82, 2.24) is 9.55 Å². The standard InChI is InChI=1S/C25H29ClN4O4/c1-16(2)13-14-29(24(32)17(3)34-20-11-9-19(26)10-12-20)21-22(27)30(25(33)28-23(21)31)15-18-7-5-4-6-8-18/h4-12,16-17H,13-15,27H2,1-3H3,(H,28,31,33). The molecule has 0 saturated carbocycles. The summed E-state index contributed by atoms with van der Waals surface area (Å²) in [6.45, 7) is 6.02. The summed E-state index contributed by atoms with van der Waals surface area (Å²) in [5, 5.41) is 0.546. The fourth-order valence-electron chi connectivity index (χ4n) is 3.47. The van der Waals surface area contributed by atoms with Gasteiger partial charge >= 0.3 is 5.69 Å². The van der Waals surface area contributed by atoms with Gasteiger partial charge in [0, 0.05) is 11.6 Å². The zero-order valence-corrected chi connectivity index (χ0v) is 20.2. The summed E-state index contributed by atoms with van der Waals surface area (Å²) in [4.78, 5) is 42.5. The number of nitrogens with one attached hydrogen (secondary N) is 1. The van der Waals surface area contributed by atoms with Crippen LogP contribution < -0.4 is 26.6 Å². The minimum absolute atomic E-state index is 0.0623. The van der Waals surface area contributed by atoms with Gasteiger partial charge in [0.05, 0.1) is 6.54 Å². The Morgan fingerprint density at radius 3 is 2.35 bits per heavy atom. The summed E-state index contributed by atoms with van der Waals surface area (Å²) >= 11 is 5.92. The highest BCUT2D eigenvalue weighted by Crippen LogP contribution is 2.22. The van der Waals surface area contributed by atoms with Gasteiger partial charge in [0.25, 0.3) is 11.5 Å². The highest BCUT2D eigenvalue weighted by atomic mass is 35.5. The number of hydrogen-bond donors (Lipinski definition) is 2. The maximum Gasteiger partial charge on any atom is 0.330 e. The van der Waals surface area contributed by atoms with Crippen LogP contribution in [-0.2, 0) is 11.3 Å². The predicted octanol–water partition coefficient (Wildman–Crippen LogP) is 3.67. The first-order valence-corrected chi connectivity index (χ1v) is 11.4. The van der Waals surface area contributed by atoms with E-state index in [2.05, 4.69) is 4.98 Å². The van der Waals surface area contributed by atoms with Crippen molar-refractivity contribution in [2.75, 3.05) is 17.2 Å². The number of aromatic amines is 1. The summed E-state index contributed by atoms with van der Waals surface area (Å²) in [5.41, 5.74) is 5.74. The van der Waals surface area contributed by atoms with Gasteiger partial charge in [-0.1, -0.05) is 55.8 Å². The van der Waals surface area contributed by atoms with Gasteiger partial charge in [-0.25, -0.2) is 4.79 Å². The average molecular weight is 485 g/mol. The Bertz CT molecular complexity index is 1240. The molecule has 3 N–H and O–H groups in total. The van der Waals surface area contributed by atoms with E-state index in [0.717, 1.165) is 5.56 Å². The van der Waals surface area contributed by atoms with E-state index in [1.54, 1.807) is 31.2 Å². The number of nitrogens with two attached hydrogens (primary N) is 1. The van der Waals surface area contributed by atoms with Crippen molar-refractivity contribution in [3.8, 4) is 5.75 Å². The van der Waals surface area contributed by atoms with Crippen molar-refractivity contribution in [3.05, 3.63) is 86.0 Å². The van der Waals surface area contributed by atoms with Gasteiger partial charge < -0.3 is 15.4 Å². The van der Waals surface area contributed by atoms with E-state index < -0.39 is 23.3 Å². The number of anilines is 2. The molecule has 3 rings (SSSR count). The lowest BCUT2D eigenvalue weighted by atomic mass is 10.1. The van der Waals surface area contributed by atoms with Crippen molar-refractivity contribution >= 4 is 29.0 Å². The summed E-state index contributed by atoms with van der Waals surface area (Å²) in [5.74, 6) is 0.203. The maximum absolute atomic E-state index is 13.5. The number of carbonyl (C=O) groups excluding carboxylic acids is 1. The lowest BCUT2D eigenvalue weighted by Gasteiger charge is -2.28. The quantitative estimate of drug-likeness (QED) is 0.481. The molecule has 1 unspecified atom stereocenters. The zero-order valence-electron chi connectivity index (χ0n) is 19.5. The third kappa shape index (κ3) is 6.08. The fraction of sp³-hybridized carbons (Fsp3) is 0.320. The van der Waals surface area contributed by atoms with Gasteiger partial charge in [-0.2, -0.15) is 0 Å². The molecular formula is C25H29ClN4O4. The molecule has 180 valence electrons. The van der Waals surface area contributed by atoms with Gasteiger partial charge in [0.2, 0.25) is 0 Å². The van der Waals surface area contributed by atoms with Crippen molar-refractivity contribution in [2.45, 2.75) is 39.8 Å². The molecule has 9 heteroatoms. The van der Waals surface area contributed by atoms with Crippen LogP contribution in [0.4, 0.5) is 11.5 Å². The first-order chi connectivity index (χ1) is 16.2. The van der Waals surface area contributed by atoms with Crippen molar-refractivity contribution in [3.63, 3.8) is 0 Å². The molecule has 0 fully saturated rings.